The van der Waals surface area contributed by atoms with Crippen molar-refractivity contribution < 1.29 is 4.39 Å². The van der Waals surface area contributed by atoms with E-state index in [9.17, 15) is 9.18 Å². The first-order valence-corrected chi connectivity index (χ1v) is 7.93. The summed E-state index contributed by atoms with van der Waals surface area (Å²) in [6.45, 7) is 4.02. The molecule has 5 heteroatoms. The van der Waals surface area contributed by atoms with Crippen molar-refractivity contribution in [3.63, 3.8) is 0 Å². The van der Waals surface area contributed by atoms with Gasteiger partial charge in [0.1, 0.15) is 5.82 Å². The second-order valence-electron chi connectivity index (χ2n) is 5.79. The van der Waals surface area contributed by atoms with Gasteiger partial charge < -0.3 is 0 Å². The Morgan fingerprint density at radius 1 is 1.22 bits per heavy atom. The van der Waals surface area contributed by atoms with Crippen LogP contribution in [0, 0.1) is 12.7 Å². The van der Waals surface area contributed by atoms with Gasteiger partial charge in [-0.25, -0.2) is 13.9 Å². The summed E-state index contributed by atoms with van der Waals surface area (Å²) in [6.07, 6.45) is 3.29. The molecule has 120 valence electrons. The molecule has 0 atom stereocenters. The molecule has 0 spiro atoms. The Balaban J connectivity index is 1.77. The van der Waals surface area contributed by atoms with Gasteiger partial charge >= 0.3 is 0 Å². The molecule has 2 heterocycles. The molecule has 0 amide bonds. The number of aryl methyl sites for hydroxylation is 4. The number of fused-ring (bicyclic) bond motifs is 1. The lowest BCUT2D eigenvalue weighted by atomic mass is 10.1. The van der Waals surface area contributed by atoms with Gasteiger partial charge in [0.25, 0.3) is 5.56 Å². The van der Waals surface area contributed by atoms with Gasteiger partial charge in [-0.05, 0) is 50.3 Å². The normalized spacial score (nSPS) is 11.3. The summed E-state index contributed by atoms with van der Waals surface area (Å²) in [5.41, 5.74) is 4.63. The van der Waals surface area contributed by atoms with Crippen LogP contribution in [-0.2, 0) is 19.3 Å². The lowest BCUT2D eigenvalue weighted by Crippen LogP contribution is -2.16. The first kappa shape index (κ1) is 15.5. The van der Waals surface area contributed by atoms with Crippen LogP contribution in [0.1, 0.15) is 35.9 Å². The van der Waals surface area contributed by atoms with E-state index >= 15 is 0 Å². The number of halogens is 1. The highest BCUT2D eigenvalue weighted by atomic mass is 19.1. The Bertz CT molecular complexity index is 878. The van der Waals surface area contributed by atoms with Crippen molar-refractivity contribution in [2.45, 2.75) is 39.5 Å². The first-order valence-electron chi connectivity index (χ1n) is 7.93. The average molecular weight is 313 g/mol. The second kappa shape index (κ2) is 6.36. The highest BCUT2D eigenvalue weighted by Crippen LogP contribution is 2.14. The van der Waals surface area contributed by atoms with E-state index in [2.05, 4.69) is 17.0 Å². The fraction of sp³-hybridized carbons (Fsp3) is 0.333. The standard InChI is InChI=1S/C18H20FN3O/c1-3-16-12(2)21-22-17(23)11-15(20-18(16)22)6-4-5-13-7-9-14(19)10-8-13/h7-11,21H,3-6H2,1-2H3. The molecule has 0 aliphatic rings. The molecule has 23 heavy (non-hydrogen) atoms. The molecule has 0 aliphatic carbocycles. The molecule has 0 fully saturated rings. The van der Waals surface area contributed by atoms with E-state index < -0.39 is 0 Å². The van der Waals surface area contributed by atoms with E-state index in [4.69, 9.17) is 0 Å². The van der Waals surface area contributed by atoms with Crippen molar-refractivity contribution in [3.8, 4) is 0 Å². The summed E-state index contributed by atoms with van der Waals surface area (Å²) in [6, 6.07) is 8.13. The van der Waals surface area contributed by atoms with E-state index in [0.29, 0.717) is 0 Å². The molecular formula is C18H20FN3O. The fourth-order valence-electron chi connectivity index (χ4n) is 2.92. The van der Waals surface area contributed by atoms with Gasteiger partial charge in [0.15, 0.2) is 5.65 Å². The number of nitrogens with one attached hydrogen (secondary N) is 1. The molecule has 4 nitrogen and oxygen atoms in total. The van der Waals surface area contributed by atoms with Gasteiger partial charge in [0, 0.05) is 23.0 Å². The lowest BCUT2D eigenvalue weighted by molar-refractivity contribution is 0.626. The summed E-state index contributed by atoms with van der Waals surface area (Å²) in [5.74, 6) is -0.219. The molecule has 0 aliphatic heterocycles. The van der Waals surface area contributed by atoms with Gasteiger partial charge in [-0.15, -0.1) is 0 Å². The maximum absolute atomic E-state index is 12.9. The number of benzene rings is 1. The smallest absolute Gasteiger partial charge is 0.272 e. The van der Waals surface area contributed by atoms with E-state index in [-0.39, 0.29) is 11.4 Å². The minimum atomic E-state index is -0.219. The van der Waals surface area contributed by atoms with E-state index in [1.807, 2.05) is 6.92 Å². The van der Waals surface area contributed by atoms with Crippen molar-refractivity contribution in [1.29, 1.82) is 0 Å². The maximum atomic E-state index is 12.9. The van der Waals surface area contributed by atoms with Crippen molar-refractivity contribution in [2.24, 2.45) is 0 Å². The predicted molar refractivity (Wildman–Crippen MR) is 88.4 cm³/mol. The zero-order chi connectivity index (χ0) is 16.4. The van der Waals surface area contributed by atoms with Crippen molar-refractivity contribution >= 4 is 5.65 Å². The third-order valence-electron chi connectivity index (χ3n) is 4.14. The molecular weight excluding hydrogens is 293 g/mol. The topological polar surface area (TPSA) is 50.2 Å². The quantitative estimate of drug-likeness (QED) is 0.786. The molecule has 1 N–H and O–H groups in total. The number of aromatic nitrogens is 3. The highest BCUT2D eigenvalue weighted by Gasteiger charge is 2.11. The van der Waals surface area contributed by atoms with Gasteiger partial charge in [-0.3, -0.25) is 9.89 Å². The fourth-order valence-corrected chi connectivity index (χ4v) is 2.92. The van der Waals surface area contributed by atoms with Crippen LogP contribution in [0.3, 0.4) is 0 Å². The molecule has 2 aromatic heterocycles. The average Bonchev–Trinajstić information content (AvgIpc) is 2.85. The number of hydrogen-bond donors (Lipinski definition) is 1. The van der Waals surface area contributed by atoms with Crippen LogP contribution in [0.15, 0.2) is 35.1 Å². The van der Waals surface area contributed by atoms with Crippen LogP contribution in [0.4, 0.5) is 4.39 Å². The van der Waals surface area contributed by atoms with E-state index in [1.54, 1.807) is 18.2 Å². The molecule has 0 saturated heterocycles. The summed E-state index contributed by atoms with van der Waals surface area (Å²) in [4.78, 5) is 16.8. The van der Waals surface area contributed by atoms with E-state index in [1.165, 1.54) is 16.6 Å². The largest absolute Gasteiger partial charge is 0.294 e. The summed E-state index contributed by atoms with van der Waals surface area (Å²) in [5, 5.41) is 3.07. The number of hydrogen-bond acceptors (Lipinski definition) is 2. The third-order valence-corrected chi connectivity index (χ3v) is 4.14. The molecule has 3 aromatic rings. The van der Waals surface area contributed by atoms with Gasteiger partial charge in [0.05, 0.1) is 0 Å². The van der Waals surface area contributed by atoms with Crippen LogP contribution < -0.4 is 5.56 Å². The zero-order valence-electron chi connectivity index (χ0n) is 13.4. The summed E-state index contributed by atoms with van der Waals surface area (Å²) < 4.78 is 14.4. The maximum Gasteiger partial charge on any atom is 0.272 e. The molecule has 1 aromatic carbocycles. The second-order valence-corrected chi connectivity index (χ2v) is 5.79. The summed E-state index contributed by atoms with van der Waals surface area (Å²) in [7, 11) is 0. The van der Waals surface area contributed by atoms with Crippen LogP contribution >= 0.6 is 0 Å². The molecule has 0 bridgehead atoms. The summed E-state index contributed by atoms with van der Waals surface area (Å²) >= 11 is 0. The SMILES string of the molecule is CCc1c(C)[nH]n2c(=O)cc(CCCc3ccc(F)cc3)nc12. The third kappa shape index (κ3) is 3.18. The molecule has 0 saturated carbocycles. The van der Waals surface area contributed by atoms with Crippen LogP contribution in [-0.4, -0.2) is 14.6 Å². The first-order chi connectivity index (χ1) is 11.1. The monoisotopic (exact) mass is 313 g/mol. The van der Waals surface area contributed by atoms with E-state index in [0.717, 1.165) is 53.8 Å². The predicted octanol–water partition coefficient (Wildman–Crippen LogP) is 3.21. The molecule has 0 unspecified atom stereocenters. The molecule has 0 radical (unpaired) electrons. The Labute approximate surface area is 134 Å². The Hall–Kier alpha value is -2.43. The number of H-pyrrole nitrogens is 1. The van der Waals surface area contributed by atoms with Crippen LogP contribution in [0.2, 0.25) is 0 Å². The number of aromatic amines is 1. The number of nitrogens with zero attached hydrogens (tertiary/aromatic N) is 2. The zero-order valence-corrected chi connectivity index (χ0v) is 13.4. The van der Waals surface area contributed by atoms with Crippen molar-refractivity contribution in [2.75, 3.05) is 0 Å². The van der Waals surface area contributed by atoms with Crippen molar-refractivity contribution in [3.05, 3.63) is 69.0 Å². The van der Waals surface area contributed by atoms with Crippen molar-refractivity contribution in [1.82, 2.24) is 14.6 Å². The number of rotatable bonds is 5. The van der Waals surface area contributed by atoms with Crippen LogP contribution in [0.25, 0.3) is 5.65 Å². The van der Waals surface area contributed by atoms with Gasteiger partial charge in [-0.2, -0.15) is 0 Å². The minimum absolute atomic E-state index is 0.0745. The lowest BCUT2D eigenvalue weighted by Gasteiger charge is -2.03. The van der Waals surface area contributed by atoms with Gasteiger partial charge in [0.2, 0.25) is 0 Å². The van der Waals surface area contributed by atoms with Crippen LogP contribution in [0.5, 0.6) is 0 Å². The van der Waals surface area contributed by atoms with Gasteiger partial charge in [-0.1, -0.05) is 19.1 Å². The highest BCUT2D eigenvalue weighted by molar-refractivity contribution is 5.50. The Morgan fingerprint density at radius 2 is 1.96 bits per heavy atom. The Morgan fingerprint density at radius 3 is 2.65 bits per heavy atom. The molecule has 3 rings (SSSR count). The Kier molecular flexibility index (Phi) is 4.28. The minimum Gasteiger partial charge on any atom is -0.294 e.